The number of pyridine rings is 1. The fourth-order valence-corrected chi connectivity index (χ4v) is 5.37. The highest BCUT2D eigenvalue weighted by atomic mass is 32.1. The summed E-state index contributed by atoms with van der Waals surface area (Å²) in [6, 6.07) is 15.0. The molecule has 0 spiro atoms. The number of rotatable bonds is 2. The molecule has 5 aromatic rings. The van der Waals surface area contributed by atoms with Crippen molar-refractivity contribution in [2.75, 3.05) is 5.73 Å². The first-order valence-electron chi connectivity index (χ1n) is 10.0. The lowest BCUT2D eigenvalue weighted by atomic mass is 10.1. The van der Waals surface area contributed by atoms with Gasteiger partial charge in [-0.15, -0.1) is 11.3 Å². The number of hydrogen-bond acceptors (Lipinski definition) is 5. The minimum Gasteiger partial charge on any atom is -0.368 e. The standard InChI is InChI=1S/C24H19N5S/c25-24-27-12-16-5-2-8-21-19(23(16)28-24)11-22(30-21)15-4-1-7-18(10-15)29-13-17-6-3-9-26-20(17)14-29/h1,3-4,6-7,9-14H,2,5,8H2,(H2,25,27,28). The van der Waals surface area contributed by atoms with Crippen LogP contribution in [0.4, 0.5) is 5.95 Å². The number of nitrogens with two attached hydrogens (primary N) is 1. The van der Waals surface area contributed by atoms with E-state index >= 15 is 0 Å². The maximum Gasteiger partial charge on any atom is 0.220 e. The van der Waals surface area contributed by atoms with Crippen molar-refractivity contribution in [3.63, 3.8) is 0 Å². The van der Waals surface area contributed by atoms with Gasteiger partial charge in [-0.3, -0.25) is 4.98 Å². The fourth-order valence-electron chi connectivity index (χ4n) is 4.17. The number of fused-ring (bicyclic) bond motifs is 4. The Kier molecular flexibility index (Phi) is 3.92. The van der Waals surface area contributed by atoms with Gasteiger partial charge in [-0.05, 0) is 60.7 Å². The van der Waals surface area contributed by atoms with Crippen molar-refractivity contribution in [1.29, 1.82) is 0 Å². The van der Waals surface area contributed by atoms with Crippen LogP contribution in [0, 0.1) is 0 Å². The summed E-state index contributed by atoms with van der Waals surface area (Å²) in [5, 5.41) is 1.14. The number of nitrogens with zero attached hydrogens (tertiary/aromatic N) is 4. The van der Waals surface area contributed by atoms with Crippen LogP contribution in [-0.4, -0.2) is 19.5 Å². The number of aromatic nitrogens is 4. The van der Waals surface area contributed by atoms with E-state index in [1.165, 1.54) is 26.4 Å². The first-order chi connectivity index (χ1) is 14.7. The first kappa shape index (κ1) is 17.4. The summed E-state index contributed by atoms with van der Waals surface area (Å²) in [6.45, 7) is 0. The summed E-state index contributed by atoms with van der Waals surface area (Å²) < 4.78 is 2.14. The van der Waals surface area contributed by atoms with Crippen molar-refractivity contribution in [2.24, 2.45) is 0 Å². The molecule has 4 aromatic heterocycles. The zero-order chi connectivity index (χ0) is 20.1. The fraction of sp³-hybridized carbons (Fsp3) is 0.125. The molecule has 2 N–H and O–H groups in total. The highest BCUT2D eigenvalue weighted by Gasteiger charge is 2.20. The third-order valence-corrected chi connectivity index (χ3v) is 6.88. The molecular weight excluding hydrogens is 390 g/mol. The number of anilines is 1. The molecule has 0 unspecified atom stereocenters. The number of benzene rings is 1. The van der Waals surface area contributed by atoms with Crippen LogP contribution in [0.2, 0.25) is 0 Å². The Morgan fingerprint density at radius 1 is 1.00 bits per heavy atom. The molecule has 30 heavy (non-hydrogen) atoms. The van der Waals surface area contributed by atoms with Gasteiger partial charge in [0.15, 0.2) is 0 Å². The Morgan fingerprint density at radius 3 is 2.90 bits per heavy atom. The second kappa shape index (κ2) is 6.78. The van der Waals surface area contributed by atoms with Gasteiger partial charge in [-0.25, -0.2) is 9.97 Å². The molecule has 146 valence electrons. The van der Waals surface area contributed by atoms with E-state index in [2.05, 4.69) is 68.3 Å². The highest BCUT2D eigenvalue weighted by molar-refractivity contribution is 7.16. The van der Waals surface area contributed by atoms with Gasteiger partial charge in [-0.1, -0.05) is 12.1 Å². The summed E-state index contributed by atoms with van der Waals surface area (Å²) in [5.74, 6) is 0.338. The van der Waals surface area contributed by atoms with Gasteiger partial charge < -0.3 is 10.3 Å². The zero-order valence-corrected chi connectivity index (χ0v) is 17.1. The second-order valence-electron chi connectivity index (χ2n) is 7.60. The molecule has 6 heteroatoms. The average Bonchev–Trinajstić information content (AvgIpc) is 3.36. The molecule has 0 aliphatic heterocycles. The van der Waals surface area contributed by atoms with Crippen molar-refractivity contribution in [3.05, 3.63) is 77.7 Å². The van der Waals surface area contributed by atoms with E-state index in [9.17, 15) is 0 Å². The highest BCUT2D eigenvalue weighted by Crippen LogP contribution is 2.41. The summed E-state index contributed by atoms with van der Waals surface area (Å²) in [7, 11) is 0. The van der Waals surface area contributed by atoms with Crippen LogP contribution in [0.1, 0.15) is 16.9 Å². The topological polar surface area (TPSA) is 69.6 Å². The molecule has 0 saturated heterocycles. The van der Waals surface area contributed by atoms with Crippen molar-refractivity contribution in [1.82, 2.24) is 19.5 Å². The molecule has 0 amide bonds. The predicted octanol–water partition coefficient (Wildman–Crippen LogP) is 5.28. The van der Waals surface area contributed by atoms with E-state index in [0.717, 1.165) is 41.5 Å². The van der Waals surface area contributed by atoms with Crippen LogP contribution < -0.4 is 5.73 Å². The minimum absolute atomic E-state index is 0.338. The van der Waals surface area contributed by atoms with Crippen LogP contribution in [-0.2, 0) is 12.8 Å². The van der Waals surface area contributed by atoms with Gasteiger partial charge in [0.05, 0.1) is 11.2 Å². The molecule has 5 nitrogen and oxygen atoms in total. The maximum atomic E-state index is 5.90. The number of hydrogen-bond donors (Lipinski definition) is 1. The predicted molar refractivity (Wildman–Crippen MR) is 122 cm³/mol. The second-order valence-corrected chi connectivity index (χ2v) is 8.73. The molecule has 0 atom stereocenters. The summed E-state index contributed by atoms with van der Waals surface area (Å²) in [6.07, 6.45) is 11.1. The SMILES string of the molecule is Nc1ncc2c(n1)-c1cc(-c3cccc(-n4cc5cccnc5c4)c3)sc1CCC2. The Morgan fingerprint density at radius 2 is 1.97 bits per heavy atom. The molecule has 1 aromatic carbocycles. The normalized spacial score (nSPS) is 13.1. The zero-order valence-electron chi connectivity index (χ0n) is 16.2. The van der Waals surface area contributed by atoms with Crippen LogP contribution in [0.15, 0.2) is 67.3 Å². The van der Waals surface area contributed by atoms with E-state index in [-0.39, 0.29) is 0 Å². The summed E-state index contributed by atoms with van der Waals surface area (Å²) in [5.41, 5.74) is 12.6. The number of aryl methyl sites for hydroxylation is 2. The van der Waals surface area contributed by atoms with Gasteiger partial charge in [0.1, 0.15) is 0 Å². The lowest BCUT2D eigenvalue weighted by Crippen LogP contribution is -1.99. The van der Waals surface area contributed by atoms with Gasteiger partial charge in [-0.2, -0.15) is 0 Å². The van der Waals surface area contributed by atoms with Crippen molar-refractivity contribution in [3.8, 4) is 27.4 Å². The van der Waals surface area contributed by atoms with E-state index in [4.69, 9.17) is 5.73 Å². The third-order valence-electron chi connectivity index (χ3n) is 5.64. The van der Waals surface area contributed by atoms with Gasteiger partial charge in [0.2, 0.25) is 5.95 Å². The molecule has 0 bridgehead atoms. The largest absolute Gasteiger partial charge is 0.368 e. The van der Waals surface area contributed by atoms with Crippen LogP contribution in [0.5, 0.6) is 0 Å². The monoisotopic (exact) mass is 409 g/mol. The quantitative estimate of drug-likeness (QED) is 0.430. The molecule has 0 saturated carbocycles. The Bertz CT molecular complexity index is 1370. The van der Waals surface area contributed by atoms with Crippen LogP contribution >= 0.6 is 11.3 Å². The van der Waals surface area contributed by atoms with Gasteiger partial charge in [0, 0.05) is 51.2 Å². The van der Waals surface area contributed by atoms with Crippen molar-refractivity contribution in [2.45, 2.75) is 19.3 Å². The van der Waals surface area contributed by atoms with Gasteiger partial charge in [0.25, 0.3) is 0 Å². The van der Waals surface area contributed by atoms with E-state index in [0.29, 0.717) is 5.95 Å². The molecule has 0 fully saturated rings. The molecule has 6 rings (SSSR count). The summed E-state index contributed by atoms with van der Waals surface area (Å²) >= 11 is 1.86. The Hall–Kier alpha value is -3.51. The van der Waals surface area contributed by atoms with Crippen molar-refractivity contribution < 1.29 is 0 Å². The van der Waals surface area contributed by atoms with Crippen LogP contribution in [0.3, 0.4) is 0 Å². The number of nitrogen functional groups attached to an aromatic ring is 1. The number of thiophene rings is 1. The molecular formula is C24H19N5S. The molecule has 0 radical (unpaired) electrons. The van der Waals surface area contributed by atoms with E-state index in [1.807, 2.05) is 29.8 Å². The lowest BCUT2D eigenvalue weighted by molar-refractivity contribution is 0.838. The average molecular weight is 410 g/mol. The first-order valence-corrected chi connectivity index (χ1v) is 10.8. The van der Waals surface area contributed by atoms with E-state index in [1.54, 1.807) is 0 Å². The lowest BCUT2D eigenvalue weighted by Gasteiger charge is -2.06. The molecule has 4 heterocycles. The Balaban J connectivity index is 1.44. The molecule has 1 aliphatic carbocycles. The van der Waals surface area contributed by atoms with Crippen molar-refractivity contribution >= 4 is 28.2 Å². The van der Waals surface area contributed by atoms with Crippen LogP contribution in [0.25, 0.3) is 38.3 Å². The van der Waals surface area contributed by atoms with E-state index < -0.39 is 0 Å². The smallest absolute Gasteiger partial charge is 0.220 e. The Labute approximate surface area is 177 Å². The van der Waals surface area contributed by atoms with Gasteiger partial charge >= 0.3 is 0 Å². The maximum absolute atomic E-state index is 5.90. The third kappa shape index (κ3) is 2.88. The minimum atomic E-state index is 0.338. The molecule has 1 aliphatic rings. The summed E-state index contributed by atoms with van der Waals surface area (Å²) in [4.78, 5) is 15.8.